The molecule has 8 atom stereocenters. The van der Waals surface area contributed by atoms with Crippen molar-refractivity contribution in [1.29, 1.82) is 0 Å². The summed E-state index contributed by atoms with van der Waals surface area (Å²) >= 11 is 0. The van der Waals surface area contributed by atoms with Crippen molar-refractivity contribution in [3.63, 3.8) is 0 Å². The normalized spacial score (nSPS) is 30.0. The third-order valence-corrected chi connectivity index (χ3v) is 9.25. The summed E-state index contributed by atoms with van der Waals surface area (Å²) in [5.41, 5.74) is 0.685. The molecule has 0 spiro atoms. The fourth-order valence-electron chi connectivity index (χ4n) is 6.53. The number of aliphatic hydroxyl groups is 1. The third-order valence-electron chi connectivity index (χ3n) is 9.25. The minimum absolute atomic E-state index is 0.0141. The maximum atomic E-state index is 14.3. The summed E-state index contributed by atoms with van der Waals surface area (Å²) in [4.78, 5) is 82.5. The summed E-state index contributed by atoms with van der Waals surface area (Å²) in [7, 11) is 0. The molecular weight excluding hydrogens is 604 g/mol. The van der Waals surface area contributed by atoms with E-state index in [4.69, 9.17) is 0 Å². The predicted octanol–water partition coefficient (Wildman–Crippen LogP) is 0.295. The zero-order valence-corrected chi connectivity index (χ0v) is 28.0. The molecule has 1 saturated carbocycles. The minimum atomic E-state index is -1.37. The molecule has 1 aliphatic carbocycles. The number of nitrogens with zero attached hydrogens (tertiary/aromatic N) is 1. The molecule has 2 heterocycles. The Labute approximate surface area is 276 Å². The molecule has 1 aromatic carbocycles. The Bertz CT molecular complexity index is 1330. The zero-order valence-electron chi connectivity index (χ0n) is 28.0. The van der Waals surface area contributed by atoms with Crippen molar-refractivity contribution < 1.29 is 33.9 Å². The van der Waals surface area contributed by atoms with E-state index in [1.165, 1.54) is 18.7 Å². The van der Waals surface area contributed by atoms with Crippen LogP contribution >= 0.6 is 0 Å². The summed E-state index contributed by atoms with van der Waals surface area (Å²) in [6.45, 7) is 9.04. The highest BCUT2D eigenvalue weighted by molar-refractivity contribution is 5.97. The molecule has 6 N–H and O–H groups in total. The van der Waals surface area contributed by atoms with E-state index in [0.29, 0.717) is 25.7 Å². The molecule has 4 rings (SSSR count). The van der Waals surface area contributed by atoms with Gasteiger partial charge in [0.25, 0.3) is 0 Å². The van der Waals surface area contributed by atoms with Crippen molar-refractivity contribution in [3.05, 3.63) is 35.9 Å². The molecule has 0 aromatic heterocycles. The SMILES string of the molecule is C[C@@H]1NC(=O)[C@@H]2C[C@@H](NC(=O)CCC(C)(C)C)CN2C(=O)[C@H](Cc2ccccc2)NC(=O)[C@H]([C@@H](C)O)NC(=O)[C@@H]2CCC[C@H]2NC1=O. The van der Waals surface area contributed by atoms with E-state index in [9.17, 15) is 33.9 Å². The van der Waals surface area contributed by atoms with Crippen LogP contribution in [0.3, 0.4) is 0 Å². The van der Waals surface area contributed by atoms with Gasteiger partial charge in [-0.05, 0) is 50.5 Å². The van der Waals surface area contributed by atoms with Gasteiger partial charge < -0.3 is 36.6 Å². The Morgan fingerprint density at radius 2 is 1.66 bits per heavy atom. The van der Waals surface area contributed by atoms with E-state index in [0.717, 1.165) is 5.56 Å². The van der Waals surface area contributed by atoms with Gasteiger partial charge in [-0.1, -0.05) is 57.5 Å². The average molecular weight is 655 g/mol. The molecule has 2 aliphatic heterocycles. The average Bonchev–Trinajstić information content (AvgIpc) is 3.64. The van der Waals surface area contributed by atoms with Crippen molar-refractivity contribution in [2.45, 2.75) is 122 Å². The lowest BCUT2D eigenvalue weighted by Gasteiger charge is -2.32. The van der Waals surface area contributed by atoms with E-state index in [2.05, 4.69) is 26.6 Å². The van der Waals surface area contributed by atoms with Gasteiger partial charge in [0, 0.05) is 31.5 Å². The Morgan fingerprint density at radius 1 is 0.957 bits per heavy atom. The fourth-order valence-corrected chi connectivity index (χ4v) is 6.53. The molecule has 47 heavy (non-hydrogen) atoms. The Morgan fingerprint density at radius 3 is 2.32 bits per heavy atom. The van der Waals surface area contributed by atoms with Crippen LogP contribution in [0.25, 0.3) is 0 Å². The van der Waals surface area contributed by atoms with Gasteiger partial charge in [-0.3, -0.25) is 28.8 Å². The maximum Gasteiger partial charge on any atom is 0.246 e. The number of rotatable bonds is 6. The first-order chi connectivity index (χ1) is 22.1. The predicted molar refractivity (Wildman–Crippen MR) is 173 cm³/mol. The number of hydrogen-bond donors (Lipinski definition) is 6. The van der Waals surface area contributed by atoms with Crippen LogP contribution in [0.2, 0.25) is 0 Å². The lowest BCUT2D eigenvalue weighted by atomic mass is 9.90. The molecule has 3 fully saturated rings. The van der Waals surface area contributed by atoms with E-state index in [1.807, 2.05) is 26.8 Å². The van der Waals surface area contributed by atoms with Gasteiger partial charge in [0.1, 0.15) is 24.2 Å². The lowest BCUT2D eigenvalue weighted by Crippen LogP contribution is -2.61. The van der Waals surface area contributed by atoms with Gasteiger partial charge >= 0.3 is 0 Å². The quantitative estimate of drug-likeness (QED) is 0.255. The van der Waals surface area contributed by atoms with E-state index in [1.54, 1.807) is 24.3 Å². The monoisotopic (exact) mass is 654 g/mol. The number of carbonyl (C=O) groups is 6. The molecule has 258 valence electrons. The molecule has 0 unspecified atom stereocenters. The first kappa shape index (κ1) is 35.8. The number of carbonyl (C=O) groups excluding carboxylic acids is 6. The number of benzene rings is 1. The second kappa shape index (κ2) is 15.3. The number of fused-ring (bicyclic) bond motifs is 2. The molecule has 13 heteroatoms. The molecular formula is C34H50N6O7. The van der Waals surface area contributed by atoms with Crippen LogP contribution in [0, 0.1) is 11.3 Å². The first-order valence-electron chi connectivity index (χ1n) is 16.7. The second-order valence-electron chi connectivity index (χ2n) is 14.4. The standard InChI is InChI=1S/C34H50N6O7/c1-19-29(43)37-24-13-9-12-23(24)30(44)39-28(20(2)41)32(46)38-25(16-21-10-7-6-8-11-21)33(47)40-18-22(17-26(40)31(45)35-19)36-27(42)14-15-34(3,4)5/h6-8,10-11,19-20,22-26,28,41H,9,12-18H2,1-5H3,(H,35,45)(H,36,42)(H,37,43)(H,38,46)(H,39,44)/t19-,20+,22+,23+,24+,25-,26-,28-/m0/s1. The van der Waals surface area contributed by atoms with Crippen LogP contribution in [0.5, 0.6) is 0 Å². The number of amides is 6. The molecule has 1 aromatic rings. The largest absolute Gasteiger partial charge is 0.391 e. The van der Waals surface area contributed by atoms with Crippen LogP contribution in [-0.4, -0.2) is 94.3 Å². The topological polar surface area (TPSA) is 186 Å². The van der Waals surface area contributed by atoms with Crippen LogP contribution in [0.4, 0.5) is 0 Å². The number of hydrogen-bond acceptors (Lipinski definition) is 7. The summed E-state index contributed by atoms with van der Waals surface area (Å²) in [6, 6.07) is 3.45. The Hall–Kier alpha value is -4.00. The molecule has 0 bridgehead atoms. The molecule has 2 saturated heterocycles. The second-order valence-corrected chi connectivity index (χ2v) is 14.4. The summed E-state index contributed by atoms with van der Waals surface area (Å²) < 4.78 is 0. The molecule has 3 aliphatic rings. The van der Waals surface area contributed by atoms with E-state index >= 15 is 0 Å². The smallest absolute Gasteiger partial charge is 0.246 e. The Kier molecular flexibility index (Phi) is 11.6. The van der Waals surface area contributed by atoms with Crippen LogP contribution < -0.4 is 26.6 Å². The van der Waals surface area contributed by atoms with Gasteiger partial charge in [0.05, 0.1) is 12.0 Å². The first-order valence-corrected chi connectivity index (χ1v) is 16.7. The highest BCUT2D eigenvalue weighted by Crippen LogP contribution is 2.27. The third kappa shape index (κ3) is 9.52. The number of nitrogens with one attached hydrogen (secondary N) is 5. The van der Waals surface area contributed by atoms with Crippen molar-refractivity contribution in [1.82, 2.24) is 31.5 Å². The van der Waals surface area contributed by atoms with Crippen molar-refractivity contribution in [2.24, 2.45) is 11.3 Å². The van der Waals surface area contributed by atoms with E-state index < -0.39 is 77.8 Å². The van der Waals surface area contributed by atoms with Crippen LogP contribution in [0.1, 0.15) is 78.7 Å². The van der Waals surface area contributed by atoms with Gasteiger partial charge in [-0.2, -0.15) is 0 Å². The van der Waals surface area contributed by atoms with Gasteiger partial charge in [0.15, 0.2) is 0 Å². The minimum Gasteiger partial charge on any atom is -0.391 e. The van der Waals surface area contributed by atoms with E-state index in [-0.39, 0.29) is 37.1 Å². The van der Waals surface area contributed by atoms with Crippen LogP contribution in [0.15, 0.2) is 30.3 Å². The zero-order chi connectivity index (χ0) is 34.5. The lowest BCUT2D eigenvalue weighted by molar-refractivity contribution is -0.143. The highest BCUT2D eigenvalue weighted by Gasteiger charge is 2.44. The summed E-state index contributed by atoms with van der Waals surface area (Å²) in [6.07, 6.45) is 1.51. The summed E-state index contributed by atoms with van der Waals surface area (Å²) in [5.74, 6) is -3.69. The maximum absolute atomic E-state index is 14.3. The Balaban J connectivity index is 1.68. The summed E-state index contributed by atoms with van der Waals surface area (Å²) in [5, 5.41) is 24.5. The van der Waals surface area contributed by atoms with Gasteiger partial charge in [-0.15, -0.1) is 0 Å². The van der Waals surface area contributed by atoms with Crippen molar-refractivity contribution in [2.75, 3.05) is 6.54 Å². The van der Waals surface area contributed by atoms with Gasteiger partial charge in [-0.25, -0.2) is 0 Å². The van der Waals surface area contributed by atoms with Gasteiger partial charge in [0.2, 0.25) is 35.4 Å². The highest BCUT2D eigenvalue weighted by atomic mass is 16.3. The van der Waals surface area contributed by atoms with Crippen LogP contribution in [-0.2, 0) is 35.2 Å². The molecule has 6 amide bonds. The molecule has 0 radical (unpaired) electrons. The fraction of sp³-hybridized carbons (Fsp3) is 0.647. The number of aliphatic hydroxyl groups excluding tert-OH is 1. The van der Waals surface area contributed by atoms with Crippen molar-refractivity contribution in [3.8, 4) is 0 Å². The van der Waals surface area contributed by atoms with Crippen molar-refractivity contribution >= 4 is 35.4 Å². The molecule has 13 nitrogen and oxygen atoms in total.